The van der Waals surface area contributed by atoms with E-state index in [1.54, 1.807) is 6.92 Å². The number of carbonyl (C=O) groups is 1. The summed E-state index contributed by atoms with van der Waals surface area (Å²) in [6.45, 7) is 5.60. The third kappa shape index (κ3) is 2.95. The molecule has 0 saturated carbocycles. The molecule has 0 spiro atoms. The van der Waals surface area contributed by atoms with Crippen LogP contribution < -0.4 is 4.72 Å². The van der Waals surface area contributed by atoms with Gasteiger partial charge in [0.2, 0.25) is 10.0 Å². The maximum absolute atomic E-state index is 12.6. The van der Waals surface area contributed by atoms with Crippen molar-refractivity contribution in [1.29, 1.82) is 0 Å². The Morgan fingerprint density at radius 3 is 2.67 bits per heavy atom. The van der Waals surface area contributed by atoms with Gasteiger partial charge in [0.15, 0.2) is 0 Å². The van der Waals surface area contributed by atoms with Crippen molar-refractivity contribution in [2.24, 2.45) is 0 Å². The Morgan fingerprint density at radius 1 is 1.48 bits per heavy atom. The molecule has 1 aliphatic rings. The second-order valence-electron chi connectivity index (χ2n) is 5.52. The van der Waals surface area contributed by atoms with Crippen molar-refractivity contribution < 1.29 is 23.1 Å². The molecule has 1 aromatic rings. The van der Waals surface area contributed by atoms with E-state index in [1.807, 2.05) is 6.92 Å². The van der Waals surface area contributed by atoms with E-state index < -0.39 is 21.5 Å². The molecule has 116 valence electrons. The largest absolute Gasteiger partial charge is 0.478 e. The molecule has 1 heterocycles. The average molecular weight is 313 g/mol. The van der Waals surface area contributed by atoms with Crippen LogP contribution in [0.25, 0.3) is 0 Å². The van der Waals surface area contributed by atoms with Crippen molar-refractivity contribution in [3.05, 3.63) is 29.3 Å². The van der Waals surface area contributed by atoms with Crippen molar-refractivity contribution in [2.75, 3.05) is 6.61 Å². The molecule has 2 atom stereocenters. The molecular weight excluding hydrogens is 294 g/mol. The number of rotatable bonds is 4. The molecule has 1 aliphatic heterocycles. The Bertz CT molecular complexity index is 670. The van der Waals surface area contributed by atoms with E-state index in [0.29, 0.717) is 13.0 Å². The van der Waals surface area contributed by atoms with Crippen LogP contribution in [-0.2, 0) is 14.8 Å². The molecule has 0 amide bonds. The number of sulfonamides is 1. The fraction of sp³-hybridized carbons (Fsp3) is 0.500. The summed E-state index contributed by atoms with van der Waals surface area (Å²) in [7, 11) is -3.82. The molecule has 1 fully saturated rings. The highest BCUT2D eigenvalue weighted by Crippen LogP contribution is 2.28. The van der Waals surface area contributed by atoms with Crippen LogP contribution in [0, 0.1) is 6.92 Å². The van der Waals surface area contributed by atoms with Crippen LogP contribution in [0.2, 0.25) is 0 Å². The zero-order chi connectivity index (χ0) is 15.8. The van der Waals surface area contributed by atoms with E-state index >= 15 is 0 Å². The summed E-state index contributed by atoms with van der Waals surface area (Å²) >= 11 is 0. The number of aromatic carboxylic acids is 1. The topological polar surface area (TPSA) is 92.7 Å². The van der Waals surface area contributed by atoms with Crippen LogP contribution in [0.15, 0.2) is 23.1 Å². The second-order valence-corrected chi connectivity index (χ2v) is 7.17. The summed E-state index contributed by atoms with van der Waals surface area (Å²) in [5.41, 5.74) is -0.476. The highest BCUT2D eigenvalue weighted by Gasteiger charge is 2.41. The Balaban J connectivity index is 2.41. The Hall–Kier alpha value is -1.44. The van der Waals surface area contributed by atoms with Gasteiger partial charge in [-0.1, -0.05) is 6.07 Å². The average Bonchev–Trinajstić information content (AvgIpc) is 2.67. The van der Waals surface area contributed by atoms with E-state index in [1.165, 1.54) is 25.1 Å². The van der Waals surface area contributed by atoms with Crippen molar-refractivity contribution in [3.8, 4) is 0 Å². The lowest BCUT2D eigenvalue weighted by Crippen LogP contribution is -2.50. The predicted octanol–water partition coefficient (Wildman–Crippen LogP) is 1.54. The predicted molar refractivity (Wildman–Crippen MR) is 76.9 cm³/mol. The molecule has 0 radical (unpaired) electrons. The minimum atomic E-state index is -3.82. The monoisotopic (exact) mass is 313 g/mol. The van der Waals surface area contributed by atoms with Gasteiger partial charge in [0.1, 0.15) is 0 Å². The molecule has 2 rings (SSSR count). The number of hydrogen-bond donors (Lipinski definition) is 2. The van der Waals surface area contributed by atoms with E-state index in [4.69, 9.17) is 9.84 Å². The number of hydrogen-bond acceptors (Lipinski definition) is 4. The standard InChI is InChI=1S/C14H19NO5S/c1-9-11(13(16)17)5-4-6-12(9)21(18,19)15-14(3)7-8-20-10(14)2/h4-6,10,15H,7-8H2,1-3H3,(H,16,17). The normalized spacial score (nSPS) is 26.0. The molecule has 1 saturated heterocycles. The van der Waals surface area contributed by atoms with Crippen LogP contribution in [0.1, 0.15) is 36.2 Å². The van der Waals surface area contributed by atoms with Gasteiger partial charge < -0.3 is 9.84 Å². The smallest absolute Gasteiger partial charge is 0.335 e. The van der Waals surface area contributed by atoms with Crippen molar-refractivity contribution in [3.63, 3.8) is 0 Å². The zero-order valence-corrected chi connectivity index (χ0v) is 13.0. The lowest BCUT2D eigenvalue weighted by molar-refractivity contribution is 0.0695. The first kappa shape index (κ1) is 15.9. The minimum absolute atomic E-state index is 0.0114. The number of carboxylic acids is 1. The number of carboxylic acid groups (broad SMARTS) is 1. The Morgan fingerprint density at radius 2 is 2.14 bits per heavy atom. The van der Waals surface area contributed by atoms with Gasteiger partial charge in [-0.3, -0.25) is 0 Å². The summed E-state index contributed by atoms with van der Waals surface area (Å²) in [6, 6.07) is 4.23. The molecular formula is C14H19NO5S. The number of nitrogens with one attached hydrogen (secondary N) is 1. The fourth-order valence-corrected chi connectivity index (χ4v) is 4.23. The molecule has 7 heteroatoms. The van der Waals surface area contributed by atoms with E-state index in [-0.39, 0.29) is 22.1 Å². The molecule has 2 N–H and O–H groups in total. The number of benzene rings is 1. The van der Waals surface area contributed by atoms with Gasteiger partial charge in [0.25, 0.3) is 0 Å². The first-order valence-electron chi connectivity index (χ1n) is 6.66. The third-order valence-corrected chi connectivity index (χ3v) is 5.81. The summed E-state index contributed by atoms with van der Waals surface area (Å²) in [5, 5.41) is 9.10. The summed E-state index contributed by atoms with van der Waals surface area (Å²) < 4.78 is 33.2. The Labute approximate surface area is 124 Å². The van der Waals surface area contributed by atoms with Gasteiger partial charge >= 0.3 is 5.97 Å². The molecule has 0 aromatic heterocycles. The van der Waals surface area contributed by atoms with Crippen molar-refractivity contribution >= 4 is 16.0 Å². The summed E-state index contributed by atoms with van der Waals surface area (Å²) in [6.07, 6.45) is 0.334. The molecule has 6 nitrogen and oxygen atoms in total. The quantitative estimate of drug-likeness (QED) is 0.879. The van der Waals surface area contributed by atoms with Crippen LogP contribution in [-0.4, -0.2) is 37.7 Å². The maximum Gasteiger partial charge on any atom is 0.335 e. The minimum Gasteiger partial charge on any atom is -0.478 e. The van der Waals surface area contributed by atoms with Crippen LogP contribution in [0.4, 0.5) is 0 Å². The van der Waals surface area contributed by atoms with Crippen LogP contribution in [0.3, 0.4) is 0 Å². The van der Waals surface area contributed by atoms with Gasteiger partial charge in [0.05, 0.1) is 22.1 Å². The van der Waals surface area contributed by atoms with Gasteiger partial charge in [0, 0.05) is 6.61 Å². The van der Waals surface area contributed by atoms with Crippen LogP contribution in [0.5, 0.6) is 0 Å². The second kappa shape index (κ2) is 5.40. The van der Waals surface area contributed by atoms with E-state index in [9.17, 15) is 13.2 Å². The maximum atomic E-state index is 12.6. The first-order valence-corrected chi connectivity index (χ1v) is 8.14. The summed E-state index contributed by atoms with van der Waals surface area (Å²) in [4.78, 5) is 11.1. The van der Waals surface area contributed by atoms with E-state index in [0.717, 1.165) is 0 Å². The van der Waals surface area contributed by atoms with Crippen molar-refractivity contribution in [1.82, 2.24) is 4.72 Å². The van der Waals surface area contributed by atoms with Gasteiger partial charge in [-0.05, 0) is 44.9 Å². The molecule has 21 heavy (non-hydrogen) atoms. The SMILES string of the molecule is Cc1c(C(=O)O)cccc1S(=O)(=O)NC1(C)CCOC1C. The lowest BCUT2D eigenvalue weighted by Gasteiger charge is -2.28. The van der Waals surface area contributed by atoms with Crippen LogP contribution >= 0.6 is 0 Å². The summed E-state index contributed by atoms with van der Waals surface area (Å²) in [5.74, 6) is -1.15. The molecule has 1 aromatic carbocycles. The van der Waals surface area contributed by atoms with Gasteiger partial charge in [-0.25, -0.2) is 17.9 Å². The first-order chi connectivity index (χ1) is 9.67. The zero-order valence-electron chi connectivity index (χ0n) is 12.2. The fourth-order valence-electron chi connectivity index (χ4n) is 2.47. The number of ether oxygens (including phenoxy) is 1. The molecule has 0 bridgehead atoms. The van der Waals surface area contributed by atoms with E-state index in [2.05, 4.69) is 4.72 Å². The molecule has 2 unspecified atom stereocenters. The highest BCUT2D eigenvalue weighted by molar-refractivity contribution is 7.89. The lowest BCUT2D eigenvalue weighted by atomic mass is 9.97. The van der Waals surface area contributed by atoms with Gasteiger partial charge in [-0.15, -0.1) is 0 Å². The third-order valence-electron chi connectivity index (χ3n) is 4.06. The molecule has 0 aliphatic carbocycles. The van der Waals surface area contributed by atoms with Crippen molar-refractivity contribution in [2.45, 2.75) is 43.7 Å². The Kier molecular flexibility index (Phi) is 4.10. The highest BCUT2D eigenvalue weighted by atomic mass is 32.2. The van der Waals surface area contributed by atoms with Gasteiger partial charge in [-0.2, -0.15) is 0 Å².